The second-order valence-corrected chi connectivity index (χ2v) is 22.7. The number of carbonyl (C=O) groups is 3. The van der Waals surface area contributed by atoms with E-state index in [2.05, 4.69) is 93.7 Å². The van der Waals surface area contributed by atoms with Crippen molar-refractivity contribution in [3.63, 3.8) is 0 Å². The van der Waals surface area contributed by atoms with E-state index in [1.54, 1.807) is 0 Å². The Kier molecular flexibility index (Phi) is 63.7. The van der Waals surface area contributed by atoms with Gasteiger partial charge in [-0.1, -0.05) is 293 Å². The monoisotopic (exact) mass is 1090 g/mol. The Morgan fingerprint density at radius 2 is 0.500 bits per heavy atom. The number of ether oxygens (including phenoxy) is 3. The standard InChI is InChI=1S/C72H128O6/c1-4-7-10-13-16-19-22-25-26-27-28-29-30-31-32-33-34-35-36-37-38-39-40-41-42-43-44-45-46-48-50-53-56-59-62-65-71(74)77-68-69(67-76-70(73)64-61-58-55-52-49-24-21-18-15-12-9-6-3)78-72(75)66-63-60-57-54-51-47-23-20-17-14-11-8-5-2/h8,11,17-18,20-22,25,27-28,47,51,69H,4-7,9-10,12-16,19,23-24,26,29-46,48-50,52-68H2,1-3H3/b11-8-,20-17-,21-18-,25-22-,28-27-,51-47-. The van der Waals surface area contributed by atoms with Crippen molar-refractivity contribution in [3.05, 3.63) is 72.9 Å². The maximum absolute atomic E-state index is 12.8. The minimum absolute atomic E-state index is 0.0867. The third-order valence-corrected chi connectivity index (χ3v) is 14.9. The number of esters is 3. The summed E-state index contributed by atoms with van der Waals surface area (Å²) in [5, 5.41) is 0. The summed E-state index contributed by atoms with van der Waals surface area (Å²) in [6.45, 7) is 6.49. The quantitative estimate of drug-likeness (QED) is 0.0261. The van der Waals surface area contributed by atoms with Crippen LogP contribution in [0, 0.1) is 0 Å². The molecular formula is C72H128O6. The predicted octanol–water partition coefficient (Wildman–Crippen LogP) is 23.3. The normalized spacial score (nSPS) is 12.5. The zero-order valence-corrected chi connectivity index (χ0v) is 51.9. The van der Waals surface area contributed by atoms with Crippen molar-refractivity contribution in [2.24, 2.45) is 0 Å². The lowest BCUT2D eigenvalue weighted by atomic mass is 10.0. The van der Waals surface area contributed by atoms with E-state index in [9.17, 15) is 14.4 Å². The van der Waals surface area contributed by atoms with E-state index in [-0.39, 0.29) is 31.1 Å². The summed E-state index contributed by atoms with van der Waals surface area (Å²) in [7, 11) is 0. The summed E-state index contributed by atoms with van der Waals surface area (Å²) in [4.78, 5) is 38.2. The van der Waals surface area contributed by atoms with Crippen LogP contribution in [-0.2, 0) is 28.6 Å². The minimum Gasteiger partial charge on any atom is -0.462 e. The molecule has 0 amide bonds. The van der Waals surface area contributed by atoms with Crippen LogP contribution in [0.5, 0.6) is 0 Å². The van der Waals surface area contributed by atoms with Crippen LogP contribution >= 0.6 is 0 Å². The highest BCUT2D eigenvalue weighted by Crippen LogP contribution is 2.17. The Bertz CT molecular complexity index is 1440. The molecule has 0 rings (SSSR count). The van der Waals surface area contributed by atoms with Crippen molar-refractivity contribution in [2.45, 2.75) is 354 Å². The highest BCUT2D eigenvalue weighted by molar-refractivity contribution is 5.71. The highest BCUT2D eigenvalue weighted by atomic mass is 16.6. The van der Waals surface area contributed by atoms with E-state index >= 15 is 0 Å². The van der Waals surface area contributed by atoms with Gasteiger partial charge in [-0.05, 0) is 109 Å². The lowest BCUT2D eigenvalue weighted by Crippen LogP contribution is -2.30. The maximum Gasteiger partial charge on any atom is 0.306 e. The molecule has 0 spiro atoms. The molecular weight excluding hydrogens is 961 g/mol. The Labute approximate surface area is 484 Å². The Hall–Kier alpha value is -3.15. The number of carbonyl (C=O) groups excluding carboxylic acids is 3. The lowest BCUT2D eigenvalue weighted by molar-refractivity contribution is -0.167. The first-order valence-corrected chi connectivity index (χ1v) is 33.9. The fraction of sp³-hybridized carbons (Fsp3) is 0.792. The predicted molar refractivity (Wildman–Crippen MR) is 339 cm³/mol. The van der Waals surface area contributed by atoms with Crippen LogP contribution in [0.1, 0.15) is 348 Å². The SMILES string of the molecule is CC/C=C\C/C=C\C/C=C\CCCCCC(=O)OC(COC(=O)CCCCCCC/C=C\CCCCC)COC(=O)CCCCCCCCCCCCCCCCCCCCCCCCC/C=C\C/C=C\CCCCCCC. The minimum atomic E-state index is -0.792. The van der Waals surface area contributed by atoms with Gasteiger partial charge < -0.3 is 14.2 Å². The van der Waals surface area contributed by atoms with Crippen molar-refractivity contribution in [3.8, 4) is 0 Å². The smallest absolute Gasteiger partial charge is 0.306 e. The van der Waals surface area contributed by atoms with Crippen LogP contribution in [0.4, 0.5) is 0 Å². The molecule has 1 unspecified atom stereocenters. The van der Waals surface area contributed by atoms with Gasteiger partial charge in [0.1, 0.15) is 13.2 Å². The molecule has 78 heavy (non-hydrogen) atoms. The third kappa shape index (κ3) is 63.7. The van der Waals surface area contributed by atoms with E-state index in [1.807, 2.05) is 0 Å². The number of unbranched alkanes of at least 4 members (excludes halogenated alkanes) is 39. The zero-order valence-electron chi connectivity index (χ0n) is 51.9. The molecule has 452 valence electrons. The molecule has 0 saturated carbocycles. The van der Waals surface area contributed by atoms with Crippen molar-refractivity contribution in [1.29, 1.82) is 0 Å². The second-order valence-electron chi connectivity index (χ2n) is 22.7. The number of allylic oxidation sites excluding steroid dienone is 12. The largest absolute Gasteiger partial charge is 0.462 e. The molecule has 0 fully saturated rings. The molecule has 0 heterocycles. The van der Waals surface area contributed by atoms with Gasteiger partial charge in [-0.3, -0.25) is 14.4 Å². The van der Waals surface area contributed by atoms with Crippen molar-refractivity contribution in [1.82, 2.24) is 0 Å². The zero-order chi connectivity index (χ0) is 56.4. The molecule has 0 saturated heterocycles. The van der Waals surface area contributed by atoms with Gasteiger partial charge in [0.15, 0.2) is 6.10 Å². The molecule has 0 aliphatic rings. The molecule has 0 aliphatic carbocycles. The molecule has 0 radical (unpaired) electrons. The molecule has 0 aliphatic heterocycles. The Morgan fingerprint density at radius 1 is 0.269 bits per heavy atom. The van der Waals surface area contributed by atoms with Crippen LogP contribution < -0.4 is 0 Å². The number of hydrogen-bond acceptors (Lipinski definition) is 6. The van der Waals surface area contributed by atoms with Gasteiger partial charge in [0.25, 0.3) is 0 Å². The molecule has 6 nitrogen and oxygen atoms in total. The summed E-state index contributed by atoms with van der Waals surface area (Å²) in [6, 6.07) is 0. The highest BCUT2D eigenvalue weighted by Gasteiger charge is 2.19. The summed E-state index contributed by atoms with van der Waals surface area (Å²) in [6.07, 6.45) is 86.7. The van der Waals surface area contributed by atoms with E-state index in [1.165, 1.54) is 212 Å². The Morgan fingerprint density at radius 3 is 0.833 bits per heavy atom. The van der Waals surface area contributed by atoms with Crippen LogP contribution in [0.25, 0.3) is 0 Å². The van der Waals surface area contributed by atoms with Crippen molar-refractivity contribution < 1.29 is 28.6 Å². The second kappa shape index (κ2) is 66.4. The fourth-order valence-electron chi connectivity index (χ4n) is 9.84. The summed E-state index contributed by atoms with van der Waals surface area (Å²) >= 11 is 0. The van der Waals surface area contributed by atoms with Crippen LogP contribution in [0.15, 0.2) is 72.9 Å². The third-order valence-electron chi connectivity index (χ3n) is 14.9. The fourth-order valence-corrected chi connectivity index (χ4v) is 9.84. The Balaban J connectivity index is 4.03. The average Bonchev–Trinajstić information content (AvgIpc) is 3.44. The first-order valence-electron chi connectivity index (χ1n) is 33.9. The topological polar surface area (TPSA) is 78.9 Å². The van der Waals surface area contributed by atoms with E-state index in [4.69, 9.17) is 14.2 Å². The summed E-state index contributed by atoms with van der Waals surface area (Å²) in [5.74, 6) is -0.913. The average molecular weight is 1090 g/mol. The summed E-state index contributed by atoms with van der Waals surface area (Å²) in [5.41, 5.74) is 0. The van der Waals surface area contributed by atoms with Gasteiger partial charge in [-0.15, -0.1) is 0 Å². The molecule has 0 bridgehead atoms. The lowest BCUT2D eigenvalue weighted by Gasteiger charge is -2.18. The van der Waals surface area contributed by atoms with E-state index in [0.29, 0.717) is 19.3 Å². The summed E-state index contributed by atoms with van der Waals surface area (Å²) < 4.78 is 16.9. The molecule has 0 N–H and O–H groups in total. The maximum atomic E-state index is 12.8. The van der Waals surface area contributed by atoms with Crippen LogP contribution in [-0.4, -0.2) is 37.2 Å². The van der Waals surface area contributed by atoms with Crippen molar-refractivity contribution >= 4 is 17.9 Å². The van der Waals surface area contributed by atoms with Crippen molar-refractivity contribution in [2.75, 3.05) is 13.2 Å². The van der Waals surface area contributed by atoms with Gasteiger partial charge in [0.05, 0.1) is 0 Å². The number of hydrogen-bond donors (Lipinski definition) is 0. The van der Waals surface area contributed by atoms with E-state index in [0.717, 1.165) is 96.3 Å². The van der Waals surface area contributed by atoms with Gasteiger partial charge >= 0.3 is 17.9 Å². The van der Waals surface area contributed by atoms with Gasteiger partial charge in [-0.2, -0.15) is 0 Å². The number of rotatable bonds is 62. The van der Waals surface area contributed by atoms with Gasteiger partial charge in [0.2, 0.25) is 0 Å². The molecule has 1 atom stereocenters. The molecule has 6 heteroatoms. The van der Waals surface area contributed by atoms with Gasteiger partial charge in [-0.25, -0.2) is 0 Å². The molecule has 0 aromatic rings. The van der Waals surface area contributed by atoms with Crippen LogP contribution in [0.2, 0.25) is 0 Å². The van der Waals surface area contributed by atoms with E-state index < -0.39 is 6.10 Å². The molecule has 0 aromatic heterocycles. The van der Waals surface area contributed by atoms with Gasteiger partial charge in [0, 0.05) is 19.3 Å². The first-order chi connectivity index (χ1) is 38.5. The first kappa shape index (κ1) is 74.8. The molecule has 0 aromatic carbocycles. The van der Waals surface area contributed by atoms with Crippen LogP contribution in [0.3, 0.4) is 0 Å².